The second-order valence-electron chi connectivity index (χ2n) is 6.06. The first-order valence-electron chi connectivity index (χ1n) is 5.70. The fourth-order valence-corrected chi connectivity index (χ4v) is 2.09. The van der Waals surface area contributed by atoms with Crippen LogP contribution in [0.1, 0.15) is 33.6 Å². The molecule has 0 aromatic carbocycles. The van der Waals surface area contributed by atoms with E-state index in [0.717, 1.165) is 12.8 Å². The molecule has 0 aromatic rings. The summed E-state index contributed by atoms with van der Waals surface area (Å²) in [7, 11) is 1.35. The highest BCUT2D eigenvalue weighted by Gasteiger charge is 2.74. The van der Waals surface area contributed by atoms with Crippen molar-refractivity contribution in [2.45, 2.75) is 39.7 Å². The Kier molecular flexibility index (Phi) is 2.30. The van der Waals surface area contributed by atoms with Gasteiger partial charge in [0.15, 0.2) is 0 Å². The first-order chi connectivity index (χ1) is 7.31. The number of hydrogen-bond acceptors (Lipinski definition) is 3. The predicted octanol–water partition coefficient (Wildman–Crippen LogP) is 1.10. The Morgan fingerprint density at radius 1 is 1.38 bits per heavy atom. The van der Waals surface area contributed by atoms with Gasteiger partial charge in [0, 0.05) is 0 Å². The van der Waals surface area contributed by atoms with Crippen LogP contribution in [-0.4, -0.2) is 25.0 Å². The van der Waals surface area contributed by atoms with Crippen molar-refractivity contribution in [3.05, 3.63) is 0 Å². The van der Waals surface area contributed by atoms with Crippen LogP contribution >= 0.6 is 0 Å². The highest BCUT2D eigenvalue weighted by molar-refractivity contribution is 5.93. The van der Waals surface area contributed by atoms with Crippen LogP contribution in [0.3, 0.4) is 0 Å². The molecule has 0 heterocycles. The molecule has 0 unspecified atom stereocenters. The van der Waals surface area contributed by atoms with Crippen molar-refractivity contribution in [2.24, 2.45) is 16.7 Å². The fourth-order valence-electron chi connectivity index (χ4n) is 2.09. The van der Waals surface area contributed by atoms with Crippen molar-refractivity contribution in [1.29, 1.82) is 0 Å². The van der Waals surface area contributed by atoms with E-state index in [1.807, 2.05) is 20.8 Å². The van der Waals surface area contributed by atoms with Gasteiger partial charge in [-0.2, -0.15) is 0 Å². The topological polar surface area (TPSA) is 55.4 Å². The van der Waals surface area contributed by atoms with Gasteiger partial charge in [-0.15, -0.1) is 0 Å². The largest absolute Gasteiger partial charge is 0.467 e. The molecular formula is C12H19NO3. The van der Waals surface area contributed by atoms with Crippen molar-refractivity contribution in [2.75, 3.05) is 7.11 Å². The molecule has 0 radical (unpaired) electrons. The van der Waals surface area contributed by atoms with Gasteiger partial charge >= 0.3 is 5.97 Å². The minimum Gasteiger partial charge on any atom is -0.467 e. The van der Waals surface area contributed by atoms with Crippen molar-refractivity contribution in [1.82, 2.24) is 5.32 Å². The first-order valence-corrected chi connectivity index (χ1v) is 5.70. The molecule has 0 spiro atoms. The van der Waals surface area contributed by atoms with Crippen LogP contribution in [-0.2, 0) is 14.3 Å². The third-order valence-corrected chi connectivity index (χ3v) is 3.71. The van der Waals surface area contributed by atoms with Gasteiger partial charge in [-0.3, -0.25) is 4.79 Å². The minimum atomic E-state index is -0.554. The lowest BCUT2D eigenvalue weighted by molar-refractivity contribution is -0.148. The fraction of sp³-hybridized carbons (Fsp3) is 0.833. The van der Waals surface area contributed by atoms with Crippen LogP contribution in [0.5, 0.6) is 0 Å². The third-order valence-electron chi connectivity index (χ3n) is 3.71. The van der Waals surface area contributed by atoms with Crippen LogP contribution in [0.2, 0.25) is 0 Å². The highest BCUT2D eigenvalue weighted by atomic mass is 16.5. The van der Waals surface area contributed by atoms with Crippen molar-refractivity contribution in [3.8, 4) is 0 Å². The summed E-state index contributed by atoms with van der Waals surface area (Å²) in [6, 6.07) is -0.554. The molecule has 2 fully saturated rings. The average molecular weight is 225 g/mol. The van der Waals surface area contributed by atoms with E-state index in [2.05, 4.69) is 5.32 Å². The Hall–Kier alpha value is -1.06. The molecular weight excluding hydrogens is 206 g/mol. The number of ether oxygens (including phenoxy) is 1. The molecule has 0 aliphatic heterocycles. The summed E-state index contributed by atoms with van der Waals surface area (Å²) >= 11 is 0. The van der Waals surface area contributed by atoms with Crippen LogP contribution in [0, 0.1) is 16.7 Å². The number of amides is 1. The lowest BCUT2D eigenvalue weighted by Crippen LogP contribution is -2.50. The van der Waals surface area contributed by atoms with E-state index >= 15 is 0 Å². The number of carbonyl (C=O) groups excluding carboxylic acids is 2. The Balaban J connectivity index is 2.02. The SMILES string of the molecule is COC(=O)[C@@H](NC(=O)C12CC1C2)C(C)(C)C. The minimum absolute atomic E-state index is 0.0304. The second kappa shape index (κ2) is 3.22. The number of esters is 1. The molecule has 90 valence electrons. The number of methoxy groups -OCH3 is 1. The molecule has 1 N–H and O–H groups in total. The van der Waals surface area contributed by atoms with E-state index in [-0.39, 0.29) is 22.7 Å². The monoisotopic (exact) mass is 225 g/mol. The highest BCUT2D eigenvalue weighted by Crippen LogP contribution is 2.75. The summed E-state index contributed by atoms with van der Waals surface area (Å²) in [5.41, 5.74) is -0.420. The van der Waals surface area contributed by atoms with Crippen LogP contribution < -0.4 is 5.32 Å². The normalized spacial score (nSPS) is 32.4. The van der Waals surface area contributed by atoms with Crippen molar-refractivity contribution < 1.29 is 14.3 Å². The lowest BCUT2D eigenvalue weighted by atomic mass is 9.86. The van der Waals surface area contributed by atoms with Crippen LogP contribution in [0.25, 0.3) is 0 Å². The molecule has 0 bridgehead atoms. The van der Waals surface area contributed by atoms with Crippen LogP contribution in [0.15, 0.2) is 0 Å². The van der Waals surface area contributed by atoms with Gasteiger partial charge in [-0.1, -0.05) is 20.8 Å². The Bertz CT molecular complexity index is 337. The Morgan fingerprint density at radius 3 is 2.19 bits per heavy atom. The number of hydrogen-bond donors (Lipinski definition) is 1. The van der Waals surface area contributed by atoms with Gasteiger partial charge in [0.05, 0.1) is 12.5 Å². The molecule has 16 heavy (non-hydrogen) atoms. The molecule has 0 saturated heterocycles. The Labute approximate surface area is 95.7 Å². The van der Waals surface area contributed by atoms with Gasteiger partial charge in [-0.25, -0.2) is 4.79 Å². The van der Waals surface area contributed by atoms with E-state index in [1.54, 1.807) is 0 Å². The lowest BCUT2D eigenvalue weighted by Gasteiger charge is -2.29. The molecule has 2 rings (SSSR count). The molecule has 1 amide bonds. The Morgan fingerprint density at radius 2 is 1.88 bits per heavy atom. The average Bonchev–Trinajstić information content (AvgIpc) is 2.97. The maximum atomic E-state index is 11.9. The summed E-state index contributed by atoms with van der Waals surface area (Å²) in [6.07, 6.45) is 1.99. The summed E-state index contributed by atoms with van der Waals surface area (Å²) < 4.78 is 4.73. The summed E-state index contributed by atoms with van der Waals surface area (Å²) in [6.45, 7) is 5.76. The van der Waals surface area contributed by atoms with Gasteiger partial charge in [-0.05, 0) is 24.2 Å². The molecule has 2 aliphatic rings. The molecule has 0 aromatic heterocycles. The van der Waals surface area contributed by atoms with E-state index in [0.29, 0.717) is 5.92 Å². The summed E-state index contributed by atoms with van der Waals surface area (Å²) in [5.74, 6) is 0.253. The second-order valence-corrected chi connectivity index (χ2v) is 6.06. The number of nitrogens with one attached hydrogen (secondary N) is 1. The maximum absolute atomic E-state index is 11.9. The molecule has 1 atom stereocenters. The van der Waals surface area contributed by atoms with Gasteiger partial charge < -0.3 is 10.1 Å². The molecule has 4 nitrogen and oxygen atoms in total. The van der Waals surface area contributed by atoms with Gasteiger partial charge in [0.25, 0.3) is 0 Å². The summed E-state index contributed by atoms with van der Waals surface area (Å²) in [4.78, 5) is 23.5. The zero-order valence-electron chi connectivity index (χ0n) is 10.3. The number of rotatable bonds is 3. The first kappa shape index (κ1) is 11.4. The van der Waals surface area contributed by atoms with E-state index < -0.39 is 6.04 Å². The molecule has 2 aliphatic carbocycles. The predicted molar refractivity (Wildman–Crippen MR) is 58.6 cm³/mol. The zero-order chi connectivity index (χ0) is 12.1. The van der Waals surface area contributed by atoms with E-state index in [4.69, 9.17) is 4.74 Å². The van der Waals surface area contributed by atoms with Gasteiger partial charge in [0.1, 0.15) is 6.04 Å². The third kappa shape index (κ3) is 1.70. The standard InChI is InChI=1S/C12H19NO3/c1-11(2,3)8(9(14)16-4)13-10(15)12-5-7(12)6-12/h7-8H,5-6H2,1-4H3,(H,13,15)/t7?,8-,12?/m1/s1. The molecule has 4 heteroatoms. The van der Waals surface area contributed by atoms with Crippen molar-refractivity contribution >= 4 is 11.9 Å². The van der Waals surface area contributed by atoms with E-state index in [1.165, 1.54) is 7.11 Å². The summed E-state index contributed by atoms with van der Waals surface area (Å²) in [5, 5.41) is 2.84. The smallest absolute Gasteiger partial charge is 0.328 e. The quantitative estimate of drug-likeness (QED) is 0.732. The zero-order valence-corrected chi connectivity index (χ0v) is 10.3. The molecule has 2 saturated carbocycles. The van der Waals surface area contributed by atoms with Gasteiger partial charge in [0.2, 0.25) is 5.91 Å². The van der Waals surface area contributed by atoms with E-state index in [9.17, 15) is 9.59 Å². The number of carbonyl (C=O) groups is 2. The maximum Gasteiger partial charge on any atom is 0.328 e. The number of fused-ring (bicyclic) bond motifs is 1. The van der Waals surface area contributed by atoms with Crippen molar-refractivity contribution in [3.63, 3.8) is 0 Å². The van der Waals surface area contributed by atoms with Crippen LogP contribution in [0.4, 0.5) is 0 Å².